The van der Waals surface area contributed by atoms with E-state index in [4.69, 9.17) is 10.00 Å². The van der Waals surface area contributed by atoms with Crippen molar-refractivity contribution in [2.75, 3.05) is 6.61 Å². The topological polar surface area (TPSA) is 33.0 Å². The van der Waals surface area contributed by atoms with E-state index in [0.29, 0.717) is 11.0 Å². The summed E-state index contributed by atoms with van der Waals surface area (Å²) < 4.78 is 5.79. The molecule has 0 saturated heterocycles. The molecule has 2 heteroatoms. The Morgan fingerprint density at radius 3 is 1.95 bits per heavy atom. The first-order valence-electron chi connectivity index (χ1n) is 7.71. The highest BCUT2D eigenvalue weighted by molar-refractivity contribution is 5.64. The Morgan fingerprint density at radius 2 is 1.45 bits per heavy atom. The molecule has 2 aromatic carbocycles. The molecular weight excluding hydrogens is 270 g/mol. The lowest BCUT2D eigenvalue weighted by Crippen LogP contribution is -2.07. The molecule has 0 unspecified atom stereocenters. The third-order valence-corrected chi connectivity index (χ3v) is 3.54. The Balaban J connectivity index is 1.91. The predicted molar refractivity (Wildman–Crippen MR) is 90.8 cm³/mol. The fourth-order valence-corrected chi connectivity index (χ4v) is 2.27. The van der Waals surface area contributed by atoms with Gasteiger partial charge in [-0.1, -0.05) is 45.0 Å². The molecule has 0 heterocycles. The number of ether oxygens (including phenoxy) is 1. The van der Waals surface area contributed by atoms with Crippen molar-refractivity contribution < 1.29 is 4.74 Å². The Morgan fingerprint density at radius 1 is 0.909 bits per heavy atom. The molecule has 114 valence electrons. The Bertz CT molecular complexity index is 627. The lowest BCUT2D eigenvalue weighted by molar-refractivity contribution is 0.269. The van der Waals surface area contributed by atoms with Crippen molar-refractivity contribution >= 4 is 0 Å². The molecule has 0 amide bonds. The van der Waals surface area contributed by atoms with Crippen LogP contribution in [0.1, 0.15) is 39.2 Å². The Kier molecular flexibility index (Phi) is 5.22. The zero-order valence-electron chi connectivity index (χ0n) is 13.6. The van der Waals surface area contributed by atoms with E-state index in [-0.39, 0.29) is 0 Å². The van der Waals surface area contributed by atoms with Crippen molar-refractivity contribution in [2.24, 2.45) is 5.41 Å². The van der Waals surface area contributed by atoms with Crippen LogP contribution >= 0.6 is 0 Å². The second-order valence-corrected chi connectivity index (χ2v) is 6.73. The first kappa shape index (κ1) is 16.1. The van der Waals surface area contributed by atoms with Gasteiger partial charge in [0.15, 0.2) is 0 Å². The summed E-state index contributed by atoms with van der Waals surface area (Å²) in [5, 5.41) is 8.82. The lowest BCUT2D eigenvalue weighted by Gasteiger charge is -2.17. The monoisotopic (exact) mass is 293 g/mol. The van der Waals surface area contributed by atoms with Gasteiger partial charge in [-0.05, 0) is 53.6 Å². The van der Waals surface area contributed by atoms with Crippen LogP contribution in [0.15, 0.2) is 48.5 Å². The van der Waals surface area contributed by atoms with Crippen LogP contribution in [0.4, 0.5) is 0 Å². The van der Waals surface area contributed by atoms with Gasteiger partial charge in [-0.2, -0.15) is 5.26 Å². The number of nitriles is 1. The standard InChI is InChI=1S/C20H23NO/c1-20(2,3)13-4-14-22-19-11-9-18(10-12-19)17-7-5-16(15-21)6-8-17/h5-12H,4,13-14H2,1-3H3. The third-order valence-electron chi connectivity index (χ3n) is 3.54. The molecule has 0 saturated carbocycles. The molecule has 0 aliphatic carbocycles. The first-order valence-corrected chi connectivity index (χ1v) is 7.71. The average Bonchev–Trinajstić information content (AvgIpc) is 2.51. The van der Waals surface area contributed by atoms with Crippen LogP contribution in [-0.4, -0.2) is 6.61 Å². The summed E-state index contributed by atoms with van der Waals surface area (Å²) >= 11 is 0. The van der Waals surface area contributed by atoms with E-state index in [1.807, 2.05) is 36.4 Å². The zero-order chi connectivity index (χ0) is 16.0. The van der Waals surface area contributed by atoms with Gasteiger partial charge < -0.3 is 4.74 Å². The highest BCUT2D eigenvalue weighted by atomic mass is 16.5. The van der Waals surface area contributed by atoms with Crippen LogP contribution in [0.2, 0.25) is 0 Å². The summed E-state index contributed by atoms with van der Waals surface area (Å²) in [6, 6.07) is 17.9. The van der Waals surface area contributed by atoms with E-state index in [1.165, 1.54) is 0 Å². The molecule has 2 aromatic rings. The van der Waals surface area contributed by atoms with Gasteiger partial charge in [0, 0.05) is 0 Å². The summed E-state index contributed by atoms with van der Waals surface area (Å²) in [5.74, 6) is 0.909. The normalized spacial score (nSPS) is 11.0. The van der Waals surface area contributed by atoms with Crippen molar-refractivity contribution in [3.8, 4) is 22.9 Å². The first-order chi connectivity index (χ1) is 10.5. The molecule has 2 rings (SSSR count). The average molecular weight is 293 g/mol. The summed E-state index contributed by atoms with van der Waals surface area (Å²) in [5.41, 5.74) is 3.29. The van der Waals surface area contributed by atoms with Crippen molar-refractivity contribution in [3.05, 3.63) is 54.1 Å². The van der Waals surface area contributed by atoms with Crippen LogP contribution in [-0.2, 0) is 0 Å². The van der Waals surface area contributed by atoms with Gasteiger partial charge in [-0.25, -0.2) is 0 Å². The molecule has 0 aliphatic heterocycles. The molecule has 0 spiro atoms. The minimum absolute atomic E-state index is 0.364. The quantitative estimate of drug-likeness (QED) is 0.688. The molecule has 0 bridgehead atoms. The fourth-order valence-electron chi connectivity index (χ4n) is 2.27. The summed E-state index contributed by atoms with van der Waals surface area (Å²) in [6.07, 6.45) is 2.23. The van der Waals surface area contributed by atoms with Crippen molar-refractivity contribution in [2.45, 2.75) is 33.6 Å². The number of benzene rings is 2. The third kappa shape index (κ3) is 4.93. The van der Waals surface area contributed by atoms with Crippen LogP contribution in [0.25, 0.3) is 11.1 Å². The Labute approximate surface area is 133 Å². The highest BCUT2D eigenvalue weighted by Crippen LogP contribution is 2.24. The van der Waals surface area contributed by atoms with Crippen molar-refractivity contribution in [1.82, 2.24) is 0 Å². The summed E-state index contributed by atoms with van der Waals surface area (Å²) in [4.78, 5) is 0. The molecule has 0 N–H and O–H groups in total. The largest absolute Gasteiger partial charge is 0.494 e. The highest BCUT2D eigenvalue weighted by Gasteiger charge is 2.09. The maximum Gasteiger partial charge on any atom is 0.119 e. The summed E-state index contributed by atoms with van der Waals surface area (Å²) in [6.45, 7) is 7.51. The minimum Gasteiger partial charge on any atom is -0.494 e. The van der Waals surface area contributed by atoms with Crippen LogP contribution < -0.4 is 4.74 Å². The van der Waals surface area contributed by atoms with E-state index < -0.39 is 0 Å². The summed E-state index contributed by atoms with van der Waals surface area (Å²) in [7, 11) is 0. The lowest BCUT2D eigenvalue weighted by atomic mass is 9.91. The molecule has 2 nitrogen and oxygen atoms in total. The van der Waals surface area contributed by atoms with Crippen LogP contribution in [0, 0.1) is 16.7 Å². The smallest absolute Gasteiger partial charge is 0.119 e. The van der Waals surface area contributed by atoms with Gasteiger partial charge in [-0.15, -0.1) is 0 Å². The van der Waals surface area contributed by atoms with Gasteiger partial charge in [0.1, 0.15) is 5.75 Å². The molecule has 0 aliphatic rings. The number of rotatable bonds is 5. The maximum atomic E-state index is 8.82. The number of hydrogen-bond acceptors (Lipinski definition) is 2. The van der Waals surface area contributed by atoms with E-state index in [2.05, 4.69) is 39.0 Å². The number of nitrogens with zero attached hydrogens (tertiary/aromatic N) is 1. The van der Waals surface area contributed by atoms with E-state index in [0.717, 1.165) is 36.3 Å². The fraction of sp³-hybridized carbons (Fsp3) is 0.350. The minimum atomic E-state index is 0.364. The molecule has 0 radical (unpaired) electrons. The van der Waals surface area contributed by atoms with Gasteiger partial charge in [0.25, 0.3) is 0 Å². The molecule has 22 heavy (non-hydrogen) atoms. The van der Waals surface area contributed by atoms with Gasteiger partial charge in [0.2, 0.25) is 0 Å². The molecule has 0 atom stereocenters. The second-order valence-electron chi connectivity index (χ2n) is 6.73. The molecular formula is C20H23NO. The van der Waals surface area contributed by atoms with Crippen molar-refractivity contribution in [3.63, 3.8) is 0 Å². The second kappa shape index (κ2) is 7.13. The van der Waals surface area contributed by atoms with Crippen LogP contribution in [0.5, 0.6) is 5.75 Å². The van der Waals surface area contributed by atoms with E-state index in [9.17, 15) is 0 Å². The van der Waals surface area contributed by atoms with Crippen LogP contribution in [0.3, 0.4) is 0 Å². The van der Waals surface area contributed by atoms with Gasteiger partial charge in [-0.3, -0.25) is 0 Å². The number of hydrogen-bond donors (Lipinski definition) is 0. The SMILES string of the molecule is CC(C)(C)CCCOc1ccc(-c2ccc(C#N)cc2)cc1. The zero-order valence-corrected chi connectivity index (χ0v) is 13.6. The maximum absolute atomic E-state index is 8.82. The Hall–Kier alpha value is -2.27. The van der Waals surface area contributed by atoms with Crippen molar-refractivity contribution in [1.29, 1.82) is 5.26 Å². The van der Waals surface area contributed by atoms with Gasteiger partial charge in [0.05, 0.1) is 18.2 Å². The van der Waals surface area contributed by atoms with Gasteiger partial charge >= 0.3 is 0 Å². The van der Waals surface area contributed by atoms with E-state index >= 15 is 0 Å². The molecule has 0 aromatic heterocycles. The molecule has 0 fully saturated rings. The van der Waals surface area contributed by atoms with E-state index in [1.54, 1.807) is 0 Å². The predicted octanol–water partition coefficient (Wildman–Crippen LogP) is 5.43.